The average molecular weight is 431 g/mol. The molecular weight excluding hydrogens is 415 g/mol. The number of carbonyl (C=O) groups excluding carboxylic acids is 1. The molecule has 2 aromatic carbocycles. The van der Waals surface area contributed by atoms with Gasteiger partial charge in [-0.25, -0.2) is 5.43 Å². The van der Waals surface area contributed by atoms with Crippen molar-refractivity contribution in [1.82, 2.24) is 9.99 Å². The molecule has 1 amide bonds. The van der Waals surface area contributed by atoms with E-state index in [1.165, 1.54) is 18.3 Å². The number of nitro benzene ring substituents is 1. The van der Waals surface area contributed by atoms with Crippen molar-refractivity contribution in [2.24, 2.45) is 5.10 Å². The SMILES string of the molecule is Cc1cc(/C=N\NC(=O)c2ccc(Cl)c([N+](=O)[O-])c2)c(C)n1-c1ccc(Cl)cc1. The first-order valence-electron chi connectivity index (χ1n) is 8.50. The second kappa shape index (κ2) is 8.46. The topological polar surface area (TPSA) is 89.5 Å². The maximum atomic E-state index is 12.2. The van der Waals surface area contributed by atoms with E-state index in [9.17, 15) is 14.9 Å². The smallest absolute Gasteiger partial charge is 0.288 e. The normalized spacial score (nSPS) is 11.0. The van der Waals surface area contributed by atoms with Crippen molar-refractivity contribution < 1.29 is 9.72 Å². The molecule has 0 saturated carbocycles. The molecule has 0 aliphatic rings. The Kier molecular flexibility index (Phi) is 6.00. The Hall–Kier alpha value is -3.16. The first-order valence-corrected chi connectivity index (χ1v) is 9.25. The summed E-state index contributed by atoms with van der Waals surface area (Å²) in [5.74, 6) is -0.576. The van der Waals surface area contributed by atoms with Crippen LogP contribution in [0.2, 0.25) is 10.0 Å². The monoisotopic (exact) mass is 430 g/mol. The molecule has 1 aromatic heterocycles. The molecule has 0 fully saturated rings. The summed E-state index contributed by atoms with van der Waals surface area (Å²) in [7, 11) is 0. The summed E-state index contributed by atoms with van der Waals surface area (Å²) in [5, 5.41) is 15.5. The number of amides is 1. The molecule has 9 heteroatoms. The number of nitrogens with one attached hydrogen (secondary N) is 1. The molecule has 0 unspecified atom stereocenters. The number of halogens is 2. The lowest BCUT2D eigenvalue weighted by Gasteiger charge is -2.09. The van der Waals surface area contributed by atoms with E-state index in [-0.39, 0.29) is 16.3 Å². The first-order chi connectivity index (χ1) is 13.8. The Balaban J connectivity index is 1.78. The molecule has 148 valence electrons. The van der Waals surface area contributed by atoms with Crippen LogP contribution in [0.1, 0.15) is 27.3 Å². The summed E-state index contributed by atoms with van der Waals surface area (Å²) < 4.78 is 2.04. The fourth-order valence-electron chi connectivity index (χ4n) is 2.92. The van der Waals surface area contributed by atoms with Crippen LogP contribution in [-0.2, 0) is 0 Å². The summed E-state index contributed by atoms with van der Waals surface area (Å²) in [6, 6.07) is 13.2. The number of nitro groups is 1. The van der Waals surface area contributed by atoms with Crippen LogP contribution in [0.3, 0.4) is 0 Å². The Morgan fingerprint density at radius 3 is 2.48 bits per heavy atom. The summed E-state index contributed by atoms with van der Waals surface area (Å²) in [6.07, 6.45) is 1.52. The molecule has 1 heterocycles. The molecular formula is C20H16Cl2N4O3. The zero-order valence-corrected chi connectivity index (χ0v) is 17.0. The van der Waals surface area contributed by atoms with Gasteiger partial charge in [-0.05, 0) is 56.3 Å². The van der Waals surface area contributed by atoms with E-state index in [0.717, 1.165) is 28.7 Å². The van der Waals surface area contributed by atoms with Gasteiger partial charge in [-0.2, -0.15) is 5.10 Å². The van der Waals surface area contributed by atoms with E-state index in [1.807, 2.05) is 48.7 Å². The fraction of sp³-hybridized carbons (Fsp3) is 0.100. The Bertz CT molecular complexity index is 1120. The molecule has 3 rings (SSSR count). The predicted octanol–water partition coefficient (Wildman–Crippen LogP) is 5.07. The van der Waals surface area contributed by atoms with E-state index in [1.54, 1.807) is 0 Å². The van der Waals surface area contributed by atoms with Crippen molar-refractivity contribution >= 4 is 41.0 Å². The van der Waals surface area contributed by atoms with Crippen molar-refractivity contribution in [2.75, 3.05) is 0 Å². The lowest BCUT2D eigenvalue weighted by molar-refractivity contribution is -0.384. The molecule has 29 heavy (non-hydrogen) atoms. The highest BCUT2D eigenvalue weighted by atomic mass is 35.5. The zero-order chi connectivity index (χ0) is 21.1. The Morgan fingerprint density at radius 2 is 1.83 bits per heavy atom. The van der Waals surface area contributed by atoms with E-state index in [4.69, 9.17) is 23.2 Å². The highest BCUT2D eigenvalue weighted by Gasteiger charge is 2.16. The van der Waals surface area contributed by atoms with Crippen LogP contribution < -0.4 is 5.43 Å². The molecule has 0 aliphatic heterocycles. The number of rotatable bonds is 5. The van der Waals surface area contributed by atoms with Gasteiger partial charge in [-0.3, -0.25) is 14.9 Å². The van der Waals surface area contributed by atoms with Gasteiger partial charge in [0.15, 0.2) is 0 Å². The second-order valence-electron chi connectivity index (χ2n) is 6.26. The highest BCUT2D eigenvalue weighted by molar-refractivity contribution is 6.32. The molecule has 0 aliphatic carbocycles. The molecule has 0 spiro atoms. The third-order valence-corrected chi connectivity index (χ3v) is 4.90. The highest BCUT2D eigenvalue weighted by Crippen LogP contribution is 2.25. The van der Waals surface area contributed by atoms with Crippen molar-refractivity contribution in [3.05, 3.63) is 91.2 Å². The number of aromatic nitrogens is 1. The van der Waals surface area contributed by atoms with Crippen molar-refractivity contribution in [3.8, 4) is 5.69 Å². The second-order valence-corrected chi connectivity index (χ2v) is 7.10. The molecule has 0 atom stereocenters. The van der Waals surface area contributed by atoms with Crippen LogP contribution in [0, 0.1) is 24.0 Å². The Morgan fingerprint density at radius 1 is 1.14 bits per heavy atom. The number of hydrogen-bond acceptors (Lipinski definition) is 4. The lowest BCUT2D eigenvalue weighted by Crippen LogP contribution is -2.17. The number of carbonyl (C=O) groups is 1. The number of nitrogens with zero attached hydrogens (tertiary/aromatic N) is 3. The molecule has 3 aromatic rings. The molecule has 7 nitrogen and oxygen atoms in total. The van der Waals surface area contributed by atoms with Crippen LogP contribution in [0.25, 0.3) is 5.69 Å². The third-order valence-electron chi connectivity index (χ3n) is 4.33. The van der Waals surface area contributed by atoms with E-state index < -0.39 is 10.8 Å². The number of benzene rings is 2. The van der Waals surface area contributed by atoms with Crippen LogP contribution in [0.15, 0.2) is 53.6 Å². The molecule has 0 saturated heterocycles. The number of hydrogen-bond donors (Lipinski definition) is 1. The van der Waals surface area contributed by atoms with Gasteiger partial charge in [0.1, 0.15) is 5.02 Å². The maximum Gasteiger partial charge on any atom is 0.288 e. The van der Waals surface area contributed by atoms with E-state index in [0.29, 0.717) is 5.02 Å². The van der Waals surface area contributed by atoms with Crippen LogP contribution in [0.4, 0.5) is 5.69 Å². The number of hydrazone groups is 1. The number of aryl methyl sites for hydroxylation is 1. The lowest BCUT2D eigenvalue weighted by atomic mass is 10.2. The van der Waals surface area contributed by atoms with Crippen molar-refractivity contribution in [2.45, 2.75) is 13.8 Å². The maximum absolute atomic E-state index is 12.2. The summed E-state index contributed by atoms with van der Waals surface area (Å²) in [6.45, 7) is 3.90. The predicted molar refractivity (Wildman–Crippen MR) is 113 cm³/mol. The molecule has 0 radical (unpaired) electrons. The van der Waals surface area contributed by atoms with Gasteiger partial charge >= 0.3 is 0 Å². The van der Waals surface area contributed by atoms with Crippen LogP contribution in [0.5, 0.6) is 0 Å². The quantitative estimate of drug-likeness (QED) is 0.347. The summed E-state index contributed by atoms with van der Waals surface area (Å²) >= 11 is 11.7. The molecule has 0 bridgehead atoms. The van der Waals surface area contributed by atoms with Gasteiger partial charge in [0, 0.05) is 39.3 Å². The van der Waals surface area contributed by atoms with Gasteiger partial charge in [0.25, 0.3) is 11.6 Å². The zero-order valence-electron chi connectivity index (χ0n) is 15.5. The van der Waals surface area contributed by atoms with Gasteiger partial charge < -0.3 is 4.57 Å². The Labute approximate surface area is 176 Å². The standard InChI is InChI=1S/C20H16Cl2N4O3/c1-12-9-15(13(2)25(12)17-6-4-16(21)5-7-17)11-23-24-20(27)14-3-8-18(22)19(10-14)26(28)29/h3-11H,1-2H3,(H,24,27)/b23-11-. The van der Waals surface area contributed by atoms with Crippen LogP contribution >= 0.6 is 23.2 Å². The minimum absolute atomic E-state index is 0.0373. The van der Waals surface area contributed by atoms with Crippen LogP contribution in [-0.4, -0.2) is 21.6 Å². The average Bonchev–Trinajstić information content (AvgIpc) is 2.96. The summed E-state index contributed by atoms with van der Waals surface area (Å²) in [4.78, 5) is 22.5. The molecule has 1 N–H and O–H groups in total. The van der Waals surface area contributed by atoms with Gasteiger partial charge in [0.05, 0.1) is 11.1 Å². The minimum atomic E-state index is -0.645. The van der Waals surface area contributed by atoms with E-state index >= 15 is 0 Å². The first kappa shape index (κ1) is 20.6. The van der Waals surface area contributed by atoms with Gasteiger partial charge in [0.2, 0.25) is 0 Å². The van der Waals surface area contributed by atoms with Gasteiger partial charge in [-0.15, -0.1) is 0 Å². The third kappa shape index (κ3) is 4.47. The minimum Gasteiger partial charge on any atom is -0.318 e. The fourth-order valence-corrected chi connectivity index (χ4v) is 3.24. The largest absolute Gasteiger partial charge is 0.318 e. The van der Waals surface area contributed by atoms with Gasteiger partial charge in [-0.1, -0.05) is 23.2 Å². The summed E-state index contributed by atoms with van der Waals surface area (Å²) in [5.41, 5.74) is 5.83. The van der Waals surface area contributed by atoms with Crippen molar-refractivity contribution in [1.29, 1.82) is 0 Å². The van der Waals surface area contributed by atoms with E-state index in [2.05, 4.69) is 10.5 Å². The van der Waals surface area contributed by atoms with Crippen molar-refractivity contribution in [3.63, 3.8) is 0 Å².